The Bertz CT molecular complexity index is 539. The van der Waals surface area contributed by atoms with E-state index in [1.54, 1.807) is 6.92 Å². The van der Waals surface area contributed by atoms with Crippen molar-refractivity contribution in [2.45, 2.75) is 39.3 Å². The number of benzene rings is 1. The molecule has 2 rings (SSSR count). The van der Waals surface area contributed by atoms with Crippen LogP contribution >= 0.6 is 0 Å². The molecule has 0 aromatic heterocycles. The molecule has 1 heterocycles. The van der Waals surface area contributed by atoms with Crippen molar-refractivity contribution < 1.29 is 13.2 Å². The molecule has 4 nitrogen and oxygen atoms in total. The molecule has 2 unspecified atom stereocenters. The van der Waals surface area contributed by atoms with Gasteiger partial charge in [0.25, 0.3) is 0 Å². The van der Waals surface area contributed by atoms with E-state index in [9.17, 15) is 8.42 Å². The molecule has 0 amide bonds. The summed E-state index contributed by atoms with van der Waals surface area (Å²) in [5.41, 5.74) is 2.04. The van der Waals surface area contributed by atoms with E-state index < -0.39 is 10.0 Å². The summed E-state index contributed by atoms with van der Waals surface area (Å²) < 4.78 is 31.9. The normalized spacial score (nSPS) is 23.3. The van der Waals surface area contributed by atoms with Crippen molar-refractivity contribution in [3.8, 4) is 5.75 Å². The van der Waals surface area contributed by atoms with Crippen LogP contribution in [0.25, 0.3) is 0 Å². The lowest BCUT2D eigenvalue weighted by molar-refractivity contribution is 0.173. The number of sulfonamides is 1. The molecule has 0 aliphatic carbocycles. The van der Waals surface area contributed by atoms with Gasteiger partial charge in [-0.3, -0.25) is 0 Å². The van der Waals surface area contributed by atoms with Crippen LogP contribution in [0.1, 0.15) is 37.4 Å². The number of fused-ring (bicyclic) bond motifs is 1. The monoisotopic (exact) mass is 269 g/mol. The fourth-order valence-electron chi connectivity index (χ4n) is 2.18. The van der Waals surface area contributed by atoms with Gasteiger partial charge in [0.15, 0.2) is 0 Å². The third kappa shape index (κ3) is 2.84. The van der Waals surface area contributed by atoms with Crippen LogP contribution < -0.4 is 9.46 Å². The molecule has 1 aliphatic rings. The van der Waals surface area contributed by atoms with Crippen LogP contribution in [0, 0.1) is 6.92 Å². The highest BCUT2D eigenvalue weighted by Crippen LogP contribution is 2.35. The van der Waals surface area contributed by atoms with E-state index in [-0.39, 0.29) is 17.9 Å². The minimum Gasteiger partial charge on any atom is -0.490 e. The van der Waals surface area contributed by atoms with Gasteiger partial charge in [-0.2, -0.15) is 0 Å². The van der Waals surface area contributed by atoms with Crippen LogP contribution in [0.15, 0.2) is 18.2 Å². The summed E-state index contributed by atoms with van der Waals surface area (Å²) in [6, 6.07) is 5.69. The van der Waals surface area contributed by atoms with Gasteiger partial charge < -0.3 is 4.74 Å². The Morgan fingerprint density at radius 3 is 2.83 bits per heavy atom. The summed E-state index contributed by atoms with van der Waals surface area (Å²) in [5.74, 6) is 0.878. The van der Waals surface area contributed by atoms with Gasteiger partial charge in [0, 0.05) is 12.0 Å². The zero-order valence-electron chi connectivity index (χ0n) is 10.9. The molecule has 2 atom stereocenters. The lowest BCUT2D eigenvalue weighted by atomic mass is 9.96. The highest BCUT2D eigenvalue weighted by atomic mass is 32.2. The fourth-order valence-corrected chi connectivity index (χ4v) is 3.01. The molecule has 18 heavy (non-hydrogen) atoms. The fraction of sp³-hybridized carbons (Fsp3) is 0.538. The van der Waals surface area contributed by atoms with Gasteiger partial charge in [0.2, 0.25) is 10.0 Å². The van der Waals surface area contributed by atoms with Crippen molar-refractivity contribution in [1.82, 2.24) is 4.72 Å². The summed E-state index contributed by atoms with van der Waals surface area (Å²) in [6.45, 7) is 5.59. The maximum absolute atomic E-state index is 11.7. The van der Waals surface area contributed by atoms with Crippen molar-refractivity contribution in [1.29, 1.82) is 0 Å². The van der Waals surface area contributed by atoms with Crippen molar-refractivity contribution in [2.75, 3.05) is 5.75 Å². The predicted octanol–water partition coefficient (Wildman–Crippen LogP) is 2.15. The van der Waals surface area contributed by atoms with E-state index in [0.29, 0.717) is 6.42 Å². The van der Waals surface area contributed by atoms with Crippen LogP contribution in [0.5, 0.6) is 5.75 Å². The summed E-state index contributed by atoms with van der Waals surface area (Å²) in [5, 5.41) is 0. The van der Waals surface area contributed by atoms with Crippen LogP contribution in [-0.4, -0.2) is 20.3 Å². The molecule has 0 saturated heterocycles. The van der Waals surface area contributed by atoms with Crippen molar-refractivity contribution >= 4 is 10.0 Å². The Kier molecular flexibility index (Phi) is 3.64. The molecule has 5 heteroatoms. The quantitative estimate of drug-likeness (QED) is 0.914. The maximum Gasteiger partial charge on any atom is 0.211 e. The smallest absolute Gasteiger partial charge is 0.211 e. The first-order chi connectivity index (χ1) is 8.41. The molecular weight excluding hydrogens is 250 g/mol. The second kappa shape index (κ2) is 4.90. The van der Waals surface area contributed by atoms with E-state index >= 15 is 0 Å². The number of hydrogen-bond acceptors (Lipinski definition) is 3. The van der Waals surface area contributed by atoms with Crippen molar-refractivity contribution in [3.05, 3.63) is 29.3 Å². The molecule has 0 radical (unpaired) electrons. The van der Waals surface area contributed by atoms with Gasteiger partial charge in [-0.05, 0) is 26.8 Å². The van der Waals surface area contributed by atoms with Gasteiger partial charge in [-0.1, -0.05) is 17.7 Å². The molecule has 1 aliphatic heterocycles. The first-order valence-corrected chi connectivity index (χ1v) is 7.83. The zero-order valence-corrected chi connectivity index (χ0v) is 11.8. The van der Waals surface area contributed by atoms with E-state index in [2.05, 4.69) is 4.72 Å². The molecule has 100 valence electrons. The second-order valence-corrected chi connectivity index (χ2v) is 6.82. The molecule has 0 saturated carbocycles. The SMILES string of the molecule is CCS(=O)(=O)NC1CC(C)Oc2ccc(C)cc21. The summed E-state index contributed by atoms with van der Waals surface area (Å²) in [7, 11) is -3.20. The average Bonchev–Trinajstić information content (AvgIpc) is 2.29. The van der Waals surface area contributed by atoms with Gasteiger partial charge in [-0.15, -0.1) is 0 Å². The van der Waals surface area contributed by atoms with Crippen LogP contribution in [0.3, 0.4) is 0 Å². The lowest BCUT2D eigenvalue weighted by Gasteiger charge is -2.31. The predicted molar refractivity (Wildman–Crippen MR) is 71.2 cm³/mol. The number of aryl methyl sites for hydroxylation is 1. The largest absolute Gasteiger partial charge is 0.490 e. The Morgan fingerprint density at radius 2 is 2.17 bits per heavy atom. The van der Waals surface area contributed by atoms with Gasteiger partial charge in [-0.25, -0.2) is 13.1 Å². The Balaban J connectivity index is 2.35. The second-order valence-electron chi connectivity index (χ2n) is 4.78. The Morgan fingerprint density at radius 1 is 1.44 bits per heavy atom. The Hall–Kier alpha value is -1.07. The first kappa shape index (κ1) is 13.4. The van der Waals surface area contributed by atoms with E-state index in [1.807, 2.05) is 32.0 Å². The van der Waals surface area contributed by atoms with E-state index in [4.69, 9.17) is 4.74 Å². The van der Waals surface area contributed by atoms with Gasteiger partial charge in [0.1, 0.15) is 5.75 Å². The van der Waals surface area contributed by atoms with Gasteiger partial charge in [0.05, 0.1) is 17.9 Å². The van der Waals surface area contributed by atoms with Crippen molar-refractivity contribution in [2.24, 2.45) is 0 Å². The maximum atomic E-state index is 11.7. The van der Waals surface area contributed by atoms with Crippen LogP contribution in [0.2, 0.25) is 0 Å². The molecule has 1 aromatic carbocycles. The highest BCUT2D eigenvalue weighted by Gasteiger charge is 2.28. The molecule has 0 fully saturated rings. The summed E-state index contributed by atoms with van der Waals surface area (Å²) >= 11 is 0. The topological polar surface area (TPSA) is 55.4 Å². The van der Waals surface area contributed by atoms with Crippen LogP contribution in [0.4, 0.5) is 0 Å². The highest BCUT2D eigenvalue weighted by molar-refractivity contribution is 7.89. The molecule has 0 spiro atoms. The molecule has 1 N–H and O–H groups in total. The average molecular weight is 269 g/mol. The number of rotatable bonds is 3. The van der Waals surface area contributed by atoms with E-state index in [0.717, 1.165) is 16.9 Å². The Labute approximate surface area is 108 Å². The lowest BCUT2D eigenvalue weighted by Crippen LogP contribution is -2.35. The van der Waals surface area contributed by atoms with E-state index in [1.165, 1.54) is 0 Å². The summed E-state index contributed by atoms with van der Waals surface area (Å²) in [4.78, 5) is 0. The number of hydrogen-bond donors (Lipinski definition) is 1. The standard InChI is InChI=1S/C13H19NO3S/c1-4-18(15,16)14-12-8-10(3)17-13-6-5-9(2)7-11(12)13/h5-7,10,12,14H,4,8H2,1-3H3. The number of nitrogens with one attached hydrogen (secondary N) is 1. The molecular formula is C13H19NO3S. The zero-order chi connectivity index (χ0) is 13.3. The summed E-state index contributed by atoms with van der Waals surface area (Å²) in [6.07, 6.45) is 0.681. The number of ether oxygens (including phenoxy) is 1. The molecule has 0 bridgehead atoms. The molecule has 1 aromatic rings. The van der Waals surface area contributed by atoms with Gasteiger partial charge >= 0.3 is 0 Å². The third-order valence-electron chi connectivity index (χ3n) is 3.14. The minimum absolute atomic E-state index is 0.0183. The third-order valence-corrected chi connectivity index (χ3v) is 4.54. The van der Waals surface area contributed by atoms with Crippen molar-refractivity contribution in [3.63, 3.8) is 0 Å². The first-order valence-electron chi connectivity index (χ1n) is 6.18. The van der Waals surface area contributed by atoms with Crippen LogP contribution in [-0.2, 0) is 10.0 Å². The minimum atomic E-state index is -3.20.